The van der Waals surface area contributed by atoms with Gasteiger partial charge in [0.2, 0.25) is 0 Å². The second kappa shape index (κ2) is 44.4. The monoisotopic (exact) mass is 1950 g/mol. The van der Waals surface area contributed by atoms with Crippen molar-refractivity contribution in [1.82, 2.24) is 34.7 Å². The third kappa shape index (κ3) is 28.7. The summed E-state index contributed by atoms with van der Waals surface area (Å²) in [6, 6.07) is 52.8. The van der Waals surface area contributed by atoms with E-state index >= 15 is 0 Å². The molecule has 1 amide bonds. The molecule has 21 nitrogen and oxygen atoms in total. The lowest BCUT2D eigenvalue weighted by atomic mass is 9.93. The number of carboxylic acid groups (broad SMARTS) is 1. The highest BCUT2D eigenvalue weighted by molar-refractivity contribution is 7.90. The van der Waals surface area contributed by atoms with Crippen LogP contribution in [0.1, 0.15) is 273 Å². The minimum Gasteiger partial charge on any atom is -0.508 e. The van der Waals surface area contributed by atoms with Crippen molar-refractivity contribution in [3.63, 3.8) is 0 Å². The lowest BCUT2D eigenvalue weighted by Crippen LogP contribution is -2.46. The van der Waals surface area contributed by atoms with E-state index in [0.29, 0.717) is 76.5 Å². The standard InChI is InChI=1S/C25H33N3O2.C24H33NO4S.C24H31NO4.C23H29F2NO2.C20H24FNO2/c1-18-15-19(7-8-23(18)29)9-10-25(2,3)28-16-20-5-4-6-21(22(20)17-28)24(30)27-13-11-26-12-14-27;1-23(2,3)29-22-13-17(7-10-21(22)26)11-12-24(4,5)25-15-18-8-9-20(30(6,27)28)14-19(18)16-25;1-23(2,3)29-21-13-16(9-10-20(21)26)11-12-24(4,5)25-14-17-7-6-8-18(22(27)28)19(17)15-25;1-22(2,3)28-21-12-15(6-9-20(21)27)10-11-23(4,5)26-13-16-17(14-26)19(25)8-7-18(16)24;1-20(2,10-9-14-7-8-18(23)19(11-14)24-3)22-12-15-5-4-6-17(21)16(15)13-22/h4-8,15,26,29H,9-14,16-17H2,1-3H3;7-10,13-14,26H,11-12,15-16H2,1-6H3;6-10,13,26H,11-12,14-15H2,1-5H3,(H,27,28);6-9,12,27H,10-11,13-14H2,1-5H3;4-8,11,23H,9-10,12-13H2,1-3H3. The van der Waals surface area contributed by atoms with Gasteiger partial charge in [-0.25, -0.2) is 26.4 Å². The molecule has 1 fully saturated rings. The molecule has 25 heteroatoms. The number of rotatable bonds is 27. The highest BCUT2D eigenvalue weighted by atomic mass is 32.2. The van der Waals surface area contributed by atoms with Crippen molar-refractivity contribution < 1.29 is 80.8 Å². The normalized spacial score (nSPS) is 15.4. The molecule has 760 valence electrons. The van der Waals surface area contributed by atoms with Crippen LogP contribution in [0.2, 0.25) is 0 Å². The molecule has 0 unspecified atom stereocenters. The summed E-state index contributed by atoms with van der Waals surface area (Å²) in [6.45, 7) is 51.8. The van der Waals surface area contributed by atoms with E-state index < -0.39 is 21.4 Å². The quantitative estimate of drug-likeness (QED) is 0.0252. The van der Waals surface area contributed by atoms with Gasteiger partial charge in [-0.1, -0.05) is 78.9 Å². The van der Waals surface area contributed by atoms with Crippen LogP contribution in [0, 0.1) is 24.4 Å². The number of aromatic carboxylic acids is 1. The molecular weight excluding hydrogens is 1800 g/mol. The highest BCUT2D eigenvalue weighted by Crippen LogP contribution is 2.44. The fourth-order valence-corrected chi connectivity index (χ4v) is 19.7. The average Bonchev–Trinajstić information content (AvgIpc) is 1.63. The molecular formula is C116H150F3N7O14S. The topological polar surface area (TPSA) is 258 Å². The number of methoxy groups -OCH3 is 1. The molecule has 141 heavy (non-hydrogen) atoms. The number of piperazine rings is 1. The summed E-state index contributed by atoms with van der Waals surface area (Å²) in [5, 5.41) is 62.5. The number of carbonyl (C=O) groups excluding carboxylic acids is 1. The molecule has 10 aromatic rings. The van der Waals surface area contributed by atoms with E-state index in [9.17, 15) is 61.8 Å². The fraction of sp³-hybridized carbons (Fsp3) is 0.466. The summed E-state index contributed by atoms with van der Waals surface area (Å²) in [5.41, 5.74) is 16.0. The summed E-state index contributed by atoms with van der Waals surface area (Å²) in [7, 11) is -1.64. The van der Waals surface area contributed by atoms with Crippen molar-refractivity contribution in [2.45, 2.75) is 318 Å². The summed E-state index contributed by atoms with van der Waals surface area (Å²) >= 11 is 0. The molecule has 0 spiro atoms. The van der Waals surface area contributed by atoms with E-state index in [1.54, 1.807) is 55.6 Å². The van der Waals surface area contributed by atoms with Gasteiger partial charge in [0.05, 0.1) is 17.6 Å². The SMILES string of the molecule is CC(C)(C)Oc1cc(CCC(C)(C)N2Cc3c(F)ccc(F)c3C2)ccc1O.CC(C)(C)Oc1cc(CCC(C)(C)N2Cc3ccc(S(C)(=O)=O)cc3C2)ccc1O.CC(C)(C)Oc1cc(CCC(C)(C)N2Cc3cccc(C(=O)O)c3C2)ccc1O.COc1cc(CCC(C)(C)N2Cc3cccc(F)c3C2)ccc1O.Cc1cc(CCC(C)(C)N2Cc3cccc(C(=O)N4CCNCC4)c3C2)ccc1O. The number of benzene rings is 10. The molecule has 0 radical (unpaired) electrons. The minimum atomic E-state index is -3.20. The summed E-state index contributed by atoms with van der Waals surface area (Å²) in [5.74, 6) is 1.48. The number of halogens is 3. The number of nitrogens with zero attached hydrogens (tertiary/aromatic N) is 6. The van der Waals surface area contributed by atoms with E-state index in [2.05, 4.69) is 111 Å². The molecule has 7 N–H and O–H groups in total. The zero-order valence-corrected chi connectivity index (χ0v) is 87.7. The first kappa shape index (κ1) is 109. The van der Waals surface area contributed by atoms with Crippen molar-refractivity contribution in [2.75, 3.05) is 39.5 Å². The zero-order valence-electron chi connectivity index (χ0n) is 86.9. The number of hydrogen-bond acceptors (Lipinski definition) is 19. The maximum Gasteiger partial charge on any atom is 0.336 e. The van der Waals surface area contributed by atoms with Crippen LogP contribution in [-0.4, -0.2) is 164 Å². The molecule has 10 aromatic carbocycles. The first-order chi connectivity index (χ1) is 65.9. The molecule has 6 heterocycles. The number of fused-ring (bicyclic) bond motifs is 5. The second-order valence-corrected chi connectivity index (χ2v) is 46.8. The number of carbonyl (C=O) groups is 2. The Morgan fingerprint density at radius 2 is 0.667 bits per heavy atom. The Morgan fingerprint density at radius 1 is 0.355 bits per heavy atom. The van der Waals surface area contributed by atoms with Crippen molar-refractivity contribution in [3.8, 4) is 51.7 Å². The number of carboxylic acids is 1. The second-order valence-electron chi connectivity index (χ2n) is 44.8. The highest BCUT2D eigenvalue weighted by Gasteiger charge is 2.41. The number of ether oxygens (including phenoxy) is 4. The molecule has 16 rings (SSSR count). The number of amides is 1. The molecule has 0 aliphatic carbocycles. The largest absolute Gasteiger partial charge is 0.508 e. The van der Waals surface area contributed by atoms with Gasteiger partial charge in [0.15, 0.2) is 55.8 Å². The third-order valence-electron chi connectivity index (χ3n) is 28.3. The molecule has 0 atom stereocenters. The first-order valence-electron chi connectivity index (χ1n) is 49.3. The first-order valence-corrected chi connectivity index (χ1v) is 51.2. The number of aryl methyl sites for hydroxylation is 6. The molecule has 0 bridgehead atoms. The summed E-state index contributed by atoms with van der Waals surface area (Å²) in [4.78, 5) is 38.7. The van der Waals surface area contributed by atoms with Crippen molar-refractivity contribution in [2.24, 2.45) is 0 Å². The lowest BCUT2D eigenvalue weighted by Gasteiger charge is -2.36. The number of aromatic hydroxyl groups is 5. The van der Waals surface area contributed by atoms with Gasteiger partial charge >= 0.3 is 5.97 Å². The van der Waals surface area contributed by atoms with Crippen LogP contribution in [0.15, 0.2) is 181 Å². The van der Waals surface area contributed by atoms with Gasteiger partial charge in [-0.2, -0.15) is 0 Å². The Balaban J connectivity index is 0.000000158. The lowest BCUT2D eigenvalue weighted by molar-refractivity contribution is 0.0690. The molecule has 6 aliphatic heterocycles. The van der Waals surface area contributed by atoms with E-state index in [1.165, 1.54) is 46.7 Å². The molecule has 1 saturated heterocycles. The maximum absolute atomic E-state index is 14.1. The average molecular weight is 1960 g/mol. The number of nitrogens with one attached hydrogen (secondary N) is 1. The van der Waals surface area contributed by atoms with Crippen LogP contribution in [0.4, 0.5) is 13.2 Å². The number of phenols is 5. The van der Waals surface area contributed by atoms with Gasteiger partial charge in [-0.3, -0.25) is 29.3 Å². The van der Waals surface area contributed by atoms with Crippen LogP contribution in [0.3, 0.4) is 0 Å². The van der Waals surface area contributed by atoms with Gasteiger partial charge in [-0.15, -0.1) is 0 Å². The van der Waals surface area contributed by atoms with Gasteiger partial charge in [0.25, 0.3) is 5.91 Å². The van der Waals surface area contributed by atoms with Crippen molar-refractivity contribution in [1.29, 1.82) is 0 Å². The van der Waals surface area contributed by atoms with Gasteiger partial charge < -0.3 is 59.8 Å². The molecule has 0 aromatic heterocycles. The van der Waals surface area contributed by atoms with Crippen molar-refractivity contribution in [3.05, 3.63) is 294 Å². The minimum absolute atomic E-state index is 0.0141. The molecule has 6 aliphatic rings. The van der Waals surface area contributed by atoms with E-state index in [0.717, 1.165) is 191 Å². The van der Waals surface area contributed by atoms with Crippen molar-refractivity contribution >= 4 is 21.7 Å². The van der Waals surface area contributed by atoms with Gasteiger partial charge in [0.1, 0.15) is 40.0 Å². The number of phenolic OH excluding ortho intramolecular Hbond substituents is 5. The Labute approximate surface area is 834 Å². The van der Waals surface area contributed by atoms with Crippen LogP contribution >= 0.6 is 0 Å². The fourth-order valence-electron chi connectivity index (χ4n) is 19.0. The maximum atomic E-state index is 14.1. The van der Waals surface area contributed by atoms with Gasteiger partial charge in [0, 0.05) is 148 Å². The Morgan fingerprint density at radius 3 is 1.04 bits per heavy atom. The predicted octanol–water partition coefficient (Wildman–Crippen LogP) is 23.0. The van der Waals surface area contributed by atoms with E-state index in [-0.39, 0.29) is 85.3 Å². The van der Waals surface area contributed by atoms with E-state index in [4.69, 9.17) is 18.9 Å². The summed E-state index contributed by atoms with van der Waals surface area (Å²) in [6.07, 6.45) is 10.2. The Kier molecular flexibility index (Phi) is 34.2. The predicted molar refractivity (Wildman–Crippen MR) is 552 cm³/mol. The Bertz CT molecular complexity index is 6200. The summed E-state index contributed by atoms with van der Waals surface area (Å²) < 4.78 is 88.6. The number of hydrogen-bond donors (Lipinski definition) is 7. The third-order valence-corrected chi connectivity index (χ3v) is 29.4. The smallest absolute Gasteiger partial charge is 0.336 e. The zero-order chi connectivity index (χ0) is 103. The van der Waals surface area contributed by atoms with Crippen LogP contribution in [0.5, 0.6) is 51.7 Å². The van der Waals surface area contributed by atoms with Gasteiger partial charge in [-0.05, 0) is 372 Å². The molecule has 0 saturated carbocycles. The Hall–Kier alpha value is -11.2. The van der Waals surface area contributed by atoms with Crippen LogP contribution in [0.25, 0.3) is 0 Å². The van der Waals surface area contributed by atoms with E-state index in [1.807, 2.05) is 171 Å². The van der Waals surface area contributed by atoms with Crippen LogP contribution in [-0.2, 0) is 107 Å². The number of sulfone groups is 1. The van der Waals surface area contributed by atoms with Crippen LogP contribution < -0.4 is 24.3 Å².